The standard InChI is InChI=1S/C50H70N10O10/c1-47(2,3)67-43(63)53-41(54-44(64)68-48(4,5)6)59-28-24-57(25-29-59)37-20-16-35(17-21-37)51-39(61)33-14-13-15-34(32-33)40(62)52-36-18-22-38(23-19-36)58-26-30-60(31-27-58)42(55-45(65)69-49(7,8)9)56-46(66)70-50(10,11)12/h13-23,32,43,63H,24-31H2,1-12H3,(H,51,61)(H,52,62)(H,53,54,64)(H,55,56,65,66). The third-order valence-electron chi connectivity index (χ3n) is 10.0. The lowest BCUT2D eigenvalue weighted by atomic mass is 10.1. The van der Waals surface area contributed by atoms with E-state index in [9.17, 15) is 29.1 Å². The summed E-state index contributed by atoms with van der Waals surface area (Å²) in [5, 5.41) is 21.8. The van der Waals surface area contributed by atoms with Crippen molar-refractivity contribution in [2.24, 2.45) is 9.98 Å². The largest absolute Gasteiger partial charge is 0.444 e. The van der Waals surface area contributed by atoms with Crippen molar-refractivity contribution in [3.8, 4) is 0 Å². The quantitative estimate of drug-likeness (QED) is 0.0650. The Morgan fingerprint density at radius 1 is 0.529 bits per heavy atom. The van der Waals surface area contributed by atoms with E-state index in [1.54, 1.807) is 130 Å². The second-order valence-corrected chi connectivity index (χ2v) is 20.7. The molecule has 3 aromatic carbocycles. The Balaban J connectivity index is 1.13. The fourth-order valence-electron chi connectivity index (χ4n) is 7.06. The van der Waals surface area contributed by atoms with Crippen LogP contribution in [-0.2, 0) is 18.9 Å². The minimum Gasteiger partial charge on any atom is -0.444 e. The molecule has 3 aromatic rings. The molecule has 0 spiro atoms. The van der Waals surface area contributed by atoms with Crippen LogP contribution in [-0.4, -0.2) is 138 Å². The third-order valence-corrected chi connectivity index (χ3v) is 10.0. The van der Waals surface area contributed by atoms with Gasteiger partial charge in [0.2, 0.25) is 18.3 Å². The van der Waals surface area contributed by atoms with Crippen molar-refractivity contribution in [3.05, 3.63) is 83.9 Å². The number of alkyl carbamates (subject to hydrolysis) is 1. The van der Waals surface area contributed by atoms with E-state index in [1.807, 2.05) is 29.2 Å². The van der Waals surface area contributed by atoms with Crippen molar-refractivity contribution in [1.29, 1.82) is 0 Å². The summed E-state index contributed by atoms with van der Waals surface area (Å²) >= 11 is 0. The highest BCUT2D eigenvalue weighted by molar-refractivity contribution is 6.09. The molecule has 0 radical (unpaired) electrons. The van der Waals surface area contributed by atoms with Gasteiger partial charge in [-0.15, -0.1) is 9.98 Å². The minimum absolute atomic E-state index is 0.0426. The van der Waals surface area contributed by atoms with Crippen molar-refractivity contribution in [1.82, 2.24) is 20.4 Å². The molecule has 2 saturated heterocycles. The van der Waals surface area contributed by atoms with Gasteiger partial charge in [0.05, 0.1) is 5.60 Å². The molecule has 0 saturated carbocycles. The number of piperazine rings is 2. The number of guanidine groups is 2. The van der Waals surface area contributed by atoms with E-state index in [0.717, 1.165) is 11.4 Å². The topological polar surface area (TPSA) is 228 Å². The van der Waals surface area contributed by atoms with E-state index in [1.165, 1.54) is 6.07 Å². The number of carbonyl (C=O) groups is 5. The van der Waals surface area contributed by atoms with Crippen LogP contribution in [0.4, 0.5) is 37.1 Å². The molecule has 0 aliphatic carbocycles. The van der Waals surface area contributed by atoms with Crippen LogP contribution in [0.25, 0.3) is 0 Å². The van der Waals surface area contributed by atoms with Crippen molar-refractivity contribution in [2.45, 2.75) is 112 Å². The maximum atomic E-state index is 13.4. The molecule has 2 aliphatic rings. The number of ether oxygens (including phenoxy) is 4. The van der Waals surface area contributed by atoms with Crippen LogP contribution in [0, 0.1) is 0 Å². The minimum atomic E-state index is -1.41. The molecule has 70 heavy (non-hydrogen) atoms. The lowest BCUT2D eigenvalue weighted by Gasteiger charge is -2.38. The van der Waals surface area contributed by atoms with Crippen LogP contribution < -0.4 is 31.1 Å². The van der Waals surface area contributed by atoms with Crippen LogP contribution in [0.2, 0.25) is 0 Å². The molecule has 0 bridgehead atoms. The van der Waals surface area contributed by atoms with Crippen molar-refractivity contribution in [2.75, 3.05) is 72.8 Å². The van der Waals surface area contributed by atoms with Crippen LogP contribution in [0.1, 0.15) is 104 Å². The molecule has 5 rings (SSSR count). The fraction of sp³-hybridized carbons (Fsp3) is 0.500. The molecule has 5 amide bonds. The summed E-state index contributed by atoms with van der Waals surface area (Å²) in [5.74, 6) is -0.586. The number of benzene rings is 3. The van der Waals surface area contributed by atoms with Gasteiger partial charge in [0, 0.05) is 86.2 Å². The molecule has 2 fully saturated rings. The SMILES string of the molecule is CC(C)(C)OC(=O)/N=C(/NC(O)OC(C)(C)C)N1CCN(c2ccc(NC(=O)c3cccc(C(=O)Nc4ccc(N5CCN(/C(=N/C(=O)OC(C)(C)C)NC(=O)OC(C)(C)C)CC5)cc4)c3)cc2)CC1. The molecule has 2 heterocycles. The Morgan fingerprint density at radius 2 is 0.914 bits per heavy atom. The number of anilines is 4. The Morgan fingerprint density at radius 3 is 1.30 bits per heavy atom. The van der Waals surface area contributed by atoms with Crippen molar-refractivity contribution >= 4 is 64.8 Å². The van der Waals surface area contributed by atoms with Gasteiger partial charge in [0.15, 0.2) is 0 Å². The molecule has 5 N–H and O–H groups in total. The molecule has 0 aromatic heterocycles. The predicted octanol–water partition coefficient (Wildman–Crippen LogP) is 7.22. The third kappa shape index (κ3) is 17.9. The summed E-state index contributed by atoms with van der Waals surface area (Å²) in [7, 11) is 0. The number of aliphatic hydroxyl groups excluding tert-OH is 1. The Kier molecular flexibility index (Phi) is 17.5. The number of rotatable bonds is 8. The Bertz CT molecular complexity index is 2360. The van der Waals surface area contributed by atoms with Gasteiger partial charge in [-0.3, -0.25) is 14.9 Å². The van der Waals surface area contributed by atoms with Crippen molar-refractivity contribution in [3.63, 3.8) is 0 Å². The second kappa shape index (κ2) is 22.7. The highest BCUT2D eigenvalue weighted by Crippen LogP contribution is 2.23. The first kappa shape index (κ1) is 54.0. The van der Waals surface area contributed by atoms with E-state index in [-0.39, 0.29) is 23.7 Å². The zero-order valence-corrected chi connectivity index (χ0v) is 42.5. The summed E-state index contributed by atoms with van der Waals surface area (Å²) in [6.45, 7) is 25.1. The van der Waals surface area contributed by atoms with Gasteiger partial charge < -0.3 is 59.6 Å². The monoisotopic (exact) mass is 971 g/mol. The predicted molar refractivity (Wildman–Crippen MR) is 269 cm³/mol. The zero-order chi connectivity index (χ0) is 51.6. The number of aliphatic imine (C=N–C) groups is 2. The second-order valence-electron chi connectivity index (χ2n) is 20.7. The average Bonchev–Trinajstić information content (AvgIpc) is 3.24. The van der Waals surface area contributed by atoms with Gasteiger partial charge in [-0.1, -0.05) is 6.07 Å². The van der Waals surface area contributed by atoms with Gasteiger partial charge in [-0.25, -0.2) is 14.4 Å². The van der Waals surface area contributed by atoms with Crippen LogP contribution in [0.15, 0.2) is 82.8 Å². The number of nitrogens with zero attached hydrogens (tertiary/aromatic N) is 6. The zero-order valence-electron chi connectivity index (χ0n) is 42.5. The summed E-state index contributed by atoms with van der Waals surface area (Å²) in [5.41, 5.74) is 0.640. The maximum Gasteiger partial charge on any atom is 0.437 e. The highest BCUT2D eigenvalue weighted by Gasteiger charge is 2.28. The van der Waals surface area contributed by atoms with Gasteiger partial charge in [-0.2, -0.15) is 0 Å². The normalized spacial score (nSPS) is 15.7. The first-order chi connectivity index (χ1) is 32.6. The number of amides is 5. The first-order valence-corrected chi connectivity index (χ1v) is 23.3. The maximum absolute atomic E-state index is 13.4. The van der Waals surface area contributed by atoms with E-state index >= 15 is 0 Å². The highest BCUT2D eigenvalue weighted by atomic mass is 16.6. The number of nitrogens with one attached hydrogen (secondary N) is 4. The Hall–Kier alpha value is -6.93. The molecule has 1 unspecified atom stereocenters. The molecule has 2 aliphatic heterocycles. The summed E-state index contributed by atoms with van der Waals surface area (Å²) in [6, 6.07) is 21.3. The molecule has 20 heteroatoms. The van der Waals surface area contributed by atoms with E-state index in [4.69, 9.17) is 18.9 Å². The van der Waals surface area contributed by atoms with E-state index in [2.05, 4.69) is 41.1 Å². The molecule has 20 nitrogen and oxygen atoms in total. The number of carbonyl (C=O) groups excluding carboxylic acids is 5. The van der Waals surface area contributed by atoms with Gasteiger partial charge in [-0.05, 0) is 150 Å². The summed E-state index contributed by atoms with van der Waals surface area (Å²) in [4.78, 5) is 80.8. The fourth-order valence-corrected chi connectivity index (χ4v) is 7.06. The Labute approximate surface area is 410 Å². The number of hydrogen-bond donors (Lipinski definition) is 5. The summed E-state index contributed by atoms with van der Waals surface area (Å²) < 4.78 is 21.8. The first-order valence-electron chi connectivity index (χ1n) is 23.3. The molecule has 1 atom stereocenters. The van der Waals surface area contributed by atoms with Gasteiger partial charge >= 0.3 is 18.3 Å². The average molecular weight is 971 g/mol. The van der Waals surface area contributed by atoms with Gasteiger partial charge in [0.25, 0.3) is 11.8 Å². The van der Waals surface area contributed by atoms with Crippen LogP contribution in [0.5, 0.6) is 0 Å². The number of hydrogen-bond acceptors (Lipinski definition) is 12. The van der Waals surface area contributed by atoms with E-state index < -0.39 is 47.1 Å². The smallest absolute Gasteiger partial charge is 0.437 e. The summed E-state index contributed by atoms with van der Waals surface area (Å²) in [6.07, 6.45) is -3.77. The molecular weight excluding hydrogens is 901 g/mol. The van der Waals surface area contributed by atoms with Crippen LogP contribution >= 0.6 is 0 Å². The molecular formula is C50H70N10O10. The van der Waals surface area contributed by atoms with Gasteiger partial charge in [0.1, 0.15) is 16.8 Å². The number of aliphatic hydroxyl groups is 1. The lowest BCUT2D eigenvalue weighted by Crippen LogP contribution is -2.55. The van der Waals surface area contributed by atoms with Crippen molar-refractivity contribution < 1.29 is 48.0 Å². The van der Waals surface area contributed by atoms with Crippen LogP contribution in [0.3, 0.4) is 0 Å². The van der Waals surface area contributed by atoms with E-state index in [0.29, 0.717) is 74.9 Å². The lowest BCUT2D eigenvalue weighted by molar-refractivity contribution is -0.173. The molecule has 380 valence electrons.